The molecule has 0 N–H and O–H groups in total. The summed E-state index contributed by atoms with van der Waals surface area (Å²) < 4.78 is 0. The molecule has 0 saturated carbocycles. The molecule has 0 fully saturated rings. The number of hydrogen-bond acceptors (Lipinski definition) is 0. The van der Waals surface area contributed by atoms with Crippen molar-refractivity contribution in [2.45, 2.75) is 39.5 Å². The van der Waals surface area contributed by atoms with Crippen molar-refractivity contribution in [2.75, 3.05) is 0 Å². The summed E-state index contributed by atoms with van der Waals surface area (Å²) in [4.78, 5) is 0. The summed E-state index contributed by atoms with van der Waals surface area (Å²) in [6.45, 7) is 8.42. The van der Waals surface area contributed by atoms with Gasteiger partial charge in [0.2, 0.25) is 0 Å². The monoisotopic (exact) mass is 216 g/mol. The summed E-state index contributed by atoms with van der Waals surface area (Å²) in [5.41, 5.74) is 0. The molecule has 1 atom stereocenters. The first-order valence-corrected chi connectivity index (χ1v) is 3.64. The summed E-state index contributed by atoms with van der Waals surface area (Å²) in [7, 11) is 0. The molecule has 0 rings (SSSR count). The Morgan fingerprint density at radius 2 is 1.80 bits per heavy atom. The van der Waals surface area contributed by atoms with Gasteiger partial charge in [-0.2, -0.15) is 5.92 Å². The predicted octanol–water partition coefficient (Wildman–Crippen LogP) is -0.340. The van der Waals surface area contributed by atoms with Gasteiger partial charge in [-0.1, -0.05) is 39.5 Å². The van der Waals surface area contributed by atoms with Gasteiger partial charge in [0.25, 0.3) is 0 Å². The van der Waals surface area contributed by atoms with Crippen molar-refractivity contribution in [3.63, 3.8) is 0 Å². The summed E-state index contributed by atoms with van der Waals surface area (Å²) in [5, 5.41) is 0. The predicted molar refractivity (Wildman–Crippen MR) is 44.4 cm³/mol. The van der Waals surface area contributed by atoms with Crippen LogP contribution in [0.25, 0.3) is 0 Å². The van der Waals surface area contributed by atoms with Crippen LogP contribution in [-0.2, 0) is 0 Å². The van der Waals surface area contributed by atoms with Gasteiger partial charge in [-0.15, -0.1) is 0 Å². The van der Waals surface area contributed by atoms with E-state index >= 15 is 0 Å². The van der Waals surface area contributed by atoms with Gasteiger partial charge in [0.05, 0.1) is 0 Å². The van der Waals surface area contributed by atoms with Crippen molar-refractivity contribution in [3.05, 3.63) is 6.92 Å². The maximum absolute atomic E-state index is 3.99. The first-order valence-electron chi connectivity index (χ1n) is 3.64. The Morgan fingerprint density at radius 3 is 2.10 bits per heavy atom. The zero-order chi connectivity index (χ0) is 6.41. The van der Waals surface area contributed by atoms with Gasteiger partial charge in [0, 0.05) is 0 Å². The average molecular weight is 217 g/mol. The zero-order valence-corrected chi connectivity index (χ0v) is 10.2. The first-order chi connectivity index (χ1) is 3.81. The summed E-state index contributed by atoms with van der Waals surface area (Å²) in [5.74, 6) is 0.704. The van der Waals surface area contributed by atoms with E-state index in [9.17, 15) is 0 Å². The van der Waals surface area contributed by atoms with Gasteiger partial charge in [0.15, 0.2) is 0 Å². The summed E-state index contributed by atoms with van der Waals surface area (Å²) in [6.07, 6.45) is 5.21. The molecule has 0 aliphatic rings. The molecule has 0 saturated heterocycles. The minimum Gasteiger partial charge on any atom is -1.00 e. The van der Waals surface area contributed by atoms with Crippen LogP contribution in [0.4, 0.5) is 0 Å². The van der Waals surface area contributed by atoms with Crippen LogP contribution < -0.4 is 17.0 Å². The van der Waals surface area contributed by atoms with Crippen molar-refractivity contribution in [2.24, 2.45) is 5.92 Å². The molecule has 10 heavy (non-hydrogen) atoms. The smallest absolute Gasteiger partial charge is 1.00 e. The standard InChI is InChI=1S/C8H17.BrH.Mg/c1-4-6-7-8(3)5-2;;/h8H,3-7H2,1-2H3;1H;/q-1;;+2/p-1. The Hall–Kier alpha value is 1.25. The Bertz CT molecular complexity index is 48.5. The third-order valence-electron chi connectivity index (χ3n) is 1.54. The SMILES string of the molecule is [Br-].[CH2-]C(CC)CCCC.[Mg+2]. The molecular formula is C8H17BrMg. The maximum atomic E-state index is 3.99. The summed E-state index contributed by atoms with van der Waals surface area (Å²) in [6, 6.07) is 0. The third kappa shape index (κ3) is 12.0. The van der Waals surface area contributed by atoms with E-state index in [1.165, 1.54) is 25.7 Å². The third-order valence-corrected chi connectivity index (χ3v) is 1.54. The number of halogens is 1. The fraction of sp³-hybridized carbons (Fsp3) is 0.875. The van der Waals surface area contributed by atoms with Crippen molar-refractivity contribution in [1.29, 1.82) is 0 Å². The fourth-order valence-electron chi connectivity index (χ4n) is 0.697. The van der Waals surface area contributed by atoms with Crippen LogP contribution in [0.15, 0.2) is 0 Å². The molecule has 0 nitrogen and oxygen atoms in total. The van der Waals surface area contributed by atoms with Gasteiger partial charge < -0.3 is 23.9 Å². The van der Waals surface area contributed by atoms with Crippen molar-refractivity contribution in [3.8, 4) is 0 Å². The van der Waals surface area contributed by atoms with E-state index in [4.69, 9.17) is 0 Å². The maximum Gasteiger partial charge on any atom is 2.00 e. The van der Waals surface area contributed by atoms with Crippen LogP contribution in [0.1, 0.15) is 39.5 Å². The van der Waals surface area contributed by atoms with Crippen LogP contribution in [0.3, 0.4) is 0 Å². The van der Waals surface area contributed by atoms with Crippen LogP contribution >= 0.6 is 0 Å². The quantitative estimate of drug-likeness (QED) is 0.446. The minimum absolute atomic E-state index is 0. The molecule has 0 aromatic rings. The molecule has 0 aliphatic heterocycles. The minimum atomic E-state index is 0. The van der Waals surface area contributed by atoms with Crippen LogP contribution in [0.5, 0.6) is 0 Å². The molecule has 0 amide bonds. The molecule has 0 aliphatic carbocycles. The van der Waals surface area contributed by atoms with E-state index in [-0.39, 0.29) is 40.0 Å². The number of rotatable bonds is 4. The molecule has 58 valence electrons. The second-order valence-electron chi connectivity index (χ2n) is 2.42. The molecule has 0 aromatic heterocycles. The largest absolute Gasteiger partial charge is 2.00 e. The molecule has 1 unspecified atom stereocenters. The van der Waals surface area contributed by atoms with E-state index in [0.29, 0.717) is 5.92 Å². The number of unbranched alkanes of at least 4 members (excludes halogenated alkanes) is 1. The molecule has 0 aromatic carbocycles. The molecule has 0 radical (unpaired) electrons. The first kappa shape index (κ1) is 17.4. The second-order valence-corrected chi connectivity index (χ2v) is 2.42. The molecular weight excluding hydrogens is 200 g/mol. The van der Waals surface area contributed by atoms with Crippen LogP contribution in [-0.4, -0.2) is 23.1 Å². The normalized spacial score (nSPS) is 11.1. The van der Waals surface area contributed by atoms with Crippen LogP contribution in [0.2, 0.25) is 0 Å². The van der Waals surface area contributed by atoms with Gasteiger partial charge in [0.1, 0.15) is 0 Å². The van der Waals surface area contributed by atoms with Gasteiger partial charge >= 0.3 is 23.1 Å². The summed E-state index contributed by atoms with van der Waals surface area (Å²) >= 11 is 0. The Labute approximate surface area is 92.1 Å². The van der Waals surface area contributed by atoms with Crippen molar-refractivity contribution >= 4 is 23.1 Å². The zero-order valence-electron chi connectivity index (χ0n) is 7.20. The van der Waals surface area contributed by atoms with Crippen LogP contribution in [0, 0.1) is 12.8 Å². The topological polar surface area (TPSA) is 0 Å². The van der Waals surface area contributed by atoms with E-state index in [2.05, 4.69) is 20.8 Å². The fourth-order valence-corrected chi connectivity index (χ4v) is 0.697. The van der Waals surface area contributed by atoms with E-state index in [1.54, 1.807) is 0 Å². The van der Waals surface area contributed by atoms with Gasteiger partial charge in [-0.3, -0.25) is 0 Å². The Morgan fingerprint density at radius 1 is 1.30 bits per heavy atom. The van der Waals surface area contributed by atoms with E-state index < -0.39 is 0 Å². The van der Waals surface area contributed by atoms with Gasteiger partial charge in [-0.05, 0) is 0 Å². The Kier molecular flexibility index (Phi) is 22.4. The van der Waals surface area contributed by atoms with Crippen molar-refractivity contribution in [1.82, 2.24) is 0 Å². The van der Waals surface area contributed by atoms with Gasteiger partial charge in [-0.25, -0.2) is 0 Å². The average Bonchev–Trinajstić information content (AvgIpc) is 1.83. The Balaban J connectivity index is -0.000000245. The van der Waals surface area contributed by atoms with E-state index in [0.717, 1.165) is 0 Å². The second kappa shape index (κ2) is 12.9. The molecule has 2 heteroatoms. The van der Waals surface area contributed by atoms with E-state index in [1.807, 2.05) is 0 Å². The number of hydrogen-bond donors (Lipinski definition) is 0. The van der Waals surface area contributed by atoms with Crippen molar-refractivity contribution < 1.29 is 17.0 Å². The molecule has 0 spiro atoms. The molecule has 0 heterocycles. The molecule has 0 bridgehead atoms.